The molecule has 0 fully saturated rings. The summed E-state index contributed by atoms with van der Waals surface area (Å²) in [6, 6.07) is 8.82. The molecule has 0 amide bonds. The van der Waals surface area contributed by atoms with Crippen molar-refractivity contribution in [1.29, 1.82) is 0 Å². The molecule has 1 aromatic carbocycles. The molecular weight excluding hydrogens is 243 g/mol. The largest absolute Gasteiger partial charge is 0.490 e. The molecule has 0 atom stereocenters. The number of hydrogen-bond acceptors (Lipinski definition) is 3. The van der Waals surface area contributed by atoms with Crippen molar-refractivity contribution in [3.05, 3.63) is 59.7 Å². The highest BCUT2D eigenvalue weighted by Gasteiger charge is 2.04. The smallest absolute Gasteiger partial charge is 0.165 e. The van der Waals surface area contributed by atoms with Gasteiger partial charge in [0.25, 0.3) is 0 Å². The quantitative estimate of drug-likeness (QED) is 0.867. The zero-order chi connectivity index (χ0) is 13.5. The predicted molar refractivity (Wildman–Crippen MR) is 72.6 cm³/mol. The summed E-state index contributed by atoms with van der Waals surface area (Å²) >= 11 is 0. The van der Waals surface area contributed by atoms with Crippen LogP contribution in [0.5, 0.6) is 5.75 Å². The highest BCUT2D eigenvalue weighted by Crippen LogP contribution is 2.18. The number of halogens is 1. The van der Waals surface area contributed by atoms with E-state index in [9.17, 15) is 4.39 Å². The van der Waals surface area contributed by atoms with Gasteiger partial charge in [0, 0.05) is 18.8 Å². The van der Waals surface area contributed by atoms with Crippen molar-refractivity contribution in [1.82, 2.24) is 4.98 Å². The van der Waals surface area contributed by atoms with Crippen molar-refractivity contribution in [2.75, 3.05) is 13.2 Å². The molecular formula is C15H17FN2O. The monoisotopic (exact) mass is 260 g/mol. The molecule has 0 saturated heterocycles. The second-order valence-corrected chi connectivity index (χ2v) is 4.26. The molecule has 0 aliphatic rings. The lowest BCUT2D eigenvalue weighted by molar-refractivity contribution is 0.305. The van der Waals surface area contributed by atoms with Gasteiger partial charge in [-0.25, -0.2) is 4.39 Å². The molecule has 0 spiro atoms. The molecule has 1 aromatic heterocycles. The molecule has 0 unspecified atom stereocenters. The van der Waals surface area contributed by atoms with Gasteiger partial charge in [-0.2, -0.15) is 0 Å². The summed E-state index contributed by atoms with van der Waals surface area (Å²) in [5.74, 6) is -0.0539. The molecule has 2 N–H and O–H groups in total. The lowest BCUT2D eigenvalue weighted by atomic mass is 10.1. The van der Waals surface area contributed by atoms with Gasteiger partial charge in [-0.15, -0.1) is 0 Å². The fourth-order valence-electron chi connectivity index (χ4n) is 1.81. The molecule has 0 aliphatic heterocycles. The van der Waals surface area contributed by atoms with E-state index in [0.717, 1.165) is 11.1 Å². The first-order valence-corrected chi connectivity index (χ1v) is 6.30. The molecule has 4 heteroatoms. The maximum atomic E-state index is 13.7. The Hall–Kier alpha value is -1.94. The van der Waals surface area contributed by atoms with Crippen LogP contribution in [0.3, 0.4) is 0 Å². The summed E-state index contributed by atoms with van der Waals surface area (Å²) in [5.41, 5.74) is 7.39. The van der Waals surface area contributed by atoms with Crippen molar-refractivity contribution >= 4 is 0 Å². The van der Waals surface area contributed by atoms with Gasteiger partial charge < -0.3 is 10.5 Å². The summed E-state index contributed by atoms with van der Waals surface area (Å²) < 4.78 is 19.2. The number of ether oxygens (including phenoxy) is 1. The van der Waals surface area contributed by atoms with Gasteiger partial charge in [0.2, 0.25) is 0 Å². The molecule has 2 aromatic rings. The van der Waals surface area contributed by atoms with Crippen LogP contribution < -0.4 is 10.5 Å². The molecule has 19 heavy (non-hydrogen) atoms. The number of hydrogen-bond donors (Lipinski definition) is 1. The van der Waals surface area contributed by atoms with Crippen molar-refractivity contribution in [3.8, 4) is 5.75 Å². The van der Waals surface area contributed by atoms with Crippen LogP contribution in [-0.2, 0) is 12.8 Å². The van der Waals surface area contributed by atoms with E-state index in [1.165, 1.54) is 6.07 Å². The average Bonchev–Trinajstić information content (AvgIpc) is 2.43. The van der Waals surface area contributed by atoms with Crippen molar-refractivity contribution in [3.63, 3.8) is 0 Å². The van der Waals surface area contributed by atoms with Crippen LogP contribution >= 0.6 is 0 Å². The third kappa shape index (κ3) is 4.03. The van der Waals surface area contributed by atoms with Gasteiger partial charge >= 0.3 is 0 Å². The van der Waals surface area contributed by atoms with E-state index in [2.05, 4.69) is 4.98 Å². The minimum absolute atomic E-state index is 0.282. The third-order valence-electron chi connectivity index (χ3n) is 2.80. The van der Waals surface area contributed by atoms with Crippen LogP contribution in [0.1, 0.15) is 11.1 Å². The Morgan fingerprint density at radius 1 is 1.16 bits per heavy atom. The Bertz CT molecular complexity index is 517. The van der Waals surface area contributed by atoms with Crippen molar-refractivity contribution in [2.45, 2.75) is 12.8 Å². The van der Waals surface area contributed by atoms with E-state index in [1.54, 1.807) is 18.5 Å². The van der Waals surface area contributed by atoms with Gasteiger partial charge in [0.05, 0.1) is 6.61 Å². The number of aromatic nitrogens is 1. The molecule has 0 radical (unpaired) electrons. The molecule has 2 rings (SSSR count). The van der Waals surface area contributed by atoms with Crippen LogP contribution in [0.4, 0.5) is 4.39 Å². The Labute approximate surface area is 112 Å². The second-order valence-electron chi connectivity index (χ2n) is 4.26. The van der Waals surface area contributed by atoms with Gasteiger partial charge in [-0.05, 0) is 42.3 Å². The normalized spacial score (nSPS) is 10.4. The fourth-order valence-corrected chi connectivity index (χ4v) is 1.81. The Balaban J connectivity index is 1.89. The summed E-state index contributed by atoms with van der Waals surface area (Å²) in [6.07, 6.45) is 4.88. The SMILES string of the molecule is NCCc1ccc(OCCc2cccnc2)c(F)c1. The Morgan fingerprint density at radius 3 is 2.74 bits per heavy atom. The predicted octanol–water partition coefficient (Wildman–Crippen LogP) is 2.34. The molecule has 100 valence electrons. The number of nitrogens with two attached hydrogens (primary N) is 1. The second kappa shape index (κ2) is 6.85. The average molecular weight is 260 g/mol. The maximum Gasteiger partial charge on any atom is 0.165 e. The molecule has 1 heterocycles. The van der Waals surface area contributed by atoms with Crippen LogP contribution in [0.25, 0.3) is 0 Å². The highest BCUT2D eigenvalue weighted by molar-refractivity contribution is 5.29. The highest BCUT2D eigenvalue weighted by atomic mass is 19.1. The topological polar surface area (TPSA) is 48.1 Å². The minimum atomic E-state index is -0.336. The van der Waals surface area contributed by atoms with E-state index in [0.29, 0.717) is 26.0 Å². The van der Waals surface area contributed by atoms with Gasteiger partial charge in [0.15, 0.2) is 11.6 Å². The van der Waals surface area contributed by atoms with E-state index in [4.69, 9.17) is 10.5 Å². The standard InChI is InChI=1S/C15H17FN2O/c16-14-10-12(5-7-17)3-4-15(14)19-9-6-13-2-1-8-18-11-13/h1-4,8,10-11H,5-7,9,17H2. The van der Waals surface area contributed by atoms with E-state index < -0.39 is 0 Å². The summed E-state index contributed by atoms with van der Waals surface area (Å²) in [5, 5.41) is 0. The zero-order valence-corrected chi connectivity index (χ0v) is 10.7. The maximum absolute atomic E-state index is 13.7. The molecule has 3 nitrogen and oxygen atoms in total. The first kappa shape index (κ1) is 13.5. The summed E-state index contributed by atoms with van der Waals surface area (Å²) in [6.45, 7) is 0.944. The molecule has 0 bridgehead atoms. The molecule has 0 saturated carbocycles. The van der Waals surface area contributed by atoms with Crippen LogP contribution in [0, 0.1) is 5.82 Å². The lowest BCUT2D eigenvalue weighted by Gasteiger charge is -2.08. The summed E-state index contributed by atoms with van der Waals surface area (Å²) in [7, 11) is 0. The lowest BCUT2D eigenvalue weighted by Crippen LogP contribution is -2.05. The number of nitrogens with zero attached hydrogens (tertiary/aromatic N) is 1. The van der Waals surface area contributed by atoms with Crippen molar-refractivity contribution in [2.24, 2.45) is 5.73 Å². The van der Waals surface area contributed by atoms with Crippen LogP contribution in [0.2, 0.25) is 0 Å². The Morgan fingerprint density at radius 2 is 2.05 bits per heavy atom. The summed E-state index contributed by atoms with van der Waals surface area (Å²) in [4.78, 5) is 4.02. The minimum Gasteiger partial charge on any atom is -0.490 e. The number of rotatable bonds is 6. The van der Waals surface area contributed by atoms with Gasteiger partial charge in [-0.3, -0.25) is 4.98 Å². The third-order valence-corrected chi connectivity index (χ3v) is 2.80. The number of pyridine rings is 1. The zero-order valence-electron chi connectivity index (χ0n) is 10.7. The van der Waals surface area contributed by atoms with Gasteiger partial charge in [0.1, 0.15) is 0 Å². The first-order valence-electron chi connectivity index (χ1n) is 6.30. The Kier molecular flexibility index (Phi) is 4.86. The van der Waals surface area contributed by atoms with E-state index in [1.807, 2.05) is 18.2 Å². The van der Waals surface area contributed by atoms with E-state index in [-0.39, 0.29) is 11.6 Å². The van der Waals surface area contributed by atoms with Crippen LogP contribution in [0.15, 0.2) is 42.7 Å². The van der Waals surface area contributed by atoms with Crippen LogP contribution in [-0.4, -0.2) is 18.1 Å². The first-order chi connectivity index (χ1) is 9.29. The van der Waals surface area contributed by atoms with E-state index >= 15 is 0 Å². The number of benzene rings is 1. The molecule has 0 aliphatic carbocycles. The fraction of sp³-hybridized carbons (Fsp3) is 0.267. The van der Waals surface area contributed by atoms with Crippen molar-refractivity contribution < 1.29 is 9.13 Å². The van der Waals surface area contributed by atoms with Gasteiger partial charge in [-0.1, -0.05) is 12.1 Å².